The Balaban J connectivity index is -0.000000657. The Morgan fingerprint density at radius 2 is 1.02 bits per heavy atom. The quantitative estimate of drug-likeness (QED) is 0.155. The van der Waals surface area contributed by atoms with Crippen LogP contribution in [0.2, 0.25) is 0 Å². The van der Waals surface area contributed by atoms with E-state index in [1.165, 1.54) is 27.7 Å². The molecule has 2 N–H and O–H groups in total. The molecule has 1 rings (SSSR count). The number of aliphatic carboxylic acids is 1. The molecule has 1 aliphatic heterocycles. The van der Waals surface area contributed by atoms with E-state index in [1.54, 1.807) is 0 Å². The van der Waals surface area contributed by atoms with Crippen LogP contribution in [0.4, 0.5) is 0 Å². The number of carboxylic acids is 1. The Hall–Kier alpha value is -4.08. The number of carbonyl (C=O) groups is 8. The van der Waals surface area contributed by atoms with Gasteiger partial charge in [-0.3, -0.25) is 19.2 Å². The molecule has 0 aromatic carbocycles. The normalized spacial score (nSPS) is 14.4. The van der Waals surface area contributed by atoms with Crippen LogP contribution in [0.25, 0.3) is 0 Å². The SMILES string of the molecule is C.CC(C)COC(=O)C(C)OC(=O)C(C)O.CC(C)COC(=O)C(C)OC(=O)C(C)OC(=O)CCC(=O)O.O=C1CCC(=O)O1. The molecule has 0 bridgehead atoms. The zero-order valence-corrected chi connectivity index (χ0v) is 26.3. The summed E-state index contributed by atoms with van der Waals surface area (Å²) in [5.74, 6) is -5.41. The van der Waals surface area contributed by atoms with E-state index < -0.39 is 78.6 Å². The van der Waals surface area contributed by atoms with E-state index in [9.17, 15) is 38.4 Å². The second-order valence-corrected chi connectivity index (χ2v) is 10.3. The summed E-state index contributed by atoms with van der Waals surface area (Å²) in [4.78, 5) is 86.9. The molecule has 16 heteroatoms. The fourth-order valence-electron chi connectivity index (χ4n) is 2.32. The van der Waals surface area contributed by atoms with Gasteiger partial charge in [0.15, 0.2) is 18.3 Å². The molecule has 1 aliphatic rings. The summed E-state index contributed by atoms with van der Waals surface area (Å²) in [5.41, 5.74) is 0. The summed E-state index contributed by atoms with van der Waals surface area (Å²) in [6, 6.07) is 0. The summed E-state index contributed by atoms with van der Waals surface area (Å²) in [5, 5.41) is 17.3. The Kier molecular flexibility index (Phi) is 24.5. The Morgan fingerprint density at radius 1 is 0.644 bits per heavy atom. The van der Waals surface area contributed by atoms with E-state index in [1.807, 2.05) is 27.7 Å². The summed E-state index contributed by atoms with van der Waals surface area (Å²) in [6.45, 7) is 13.3. The largest absolute Gasteiger partial charge is 0.481 e. The topological polar surface area (TPSA) is 232 Å². The minimum absolute atomic E-state index is 0. The molecule has 0 aromatic heterocycles. The first-order chi connectivity index (χ1) is 20.3. The molecule has 0 spiro atoms. The molecular formula is C29H48O16. The third-order valence-corrected chi connectivity index (χ3v) is 4.65. The maximum Gasteiger partial charge on any atom is 0.347 e. The van der Waals surface area contributed by atoms with Crippen LogP contribution in [0.1, 0.15) is 88.5 Å². The van der Waals surface area contributed by atoms with Crippen LogP contribution in [-0.2, 0) is 66.8 Å². The van der Waals surface area contributed by atoms with Crippen molar-refractivity contribution in [2.45, 2.75) is 113 Å². The maximum absolute atomic E-state index is 11.6. The lowest BCUT2D eigenvalue weighted by molar-refractivity contribution is -0.177. The highest BCUT2D eigenvalue weighted by Crippen LogP contribution is 2.06. The van der Waals surface area contributed by atoms with Gasteiger partial charge in [0.25, 0.3) is 0 Å². The van der Waals surface area contributed by atoms with Gasteiger partial charge in [-0.15, -0.1) is 0 Å². The van der Waals surface area contributed by atoms with Crippen LogP contribution >= 0.6 is 0 Å². The smallest absolute Gasteiger partial charge is 0.347 e. The van der Waals surface area contributed by atoms with Crippen molar-refractivity contribution in [3.63, 3.8) is 0 Å². The number of aliphatic hydroxyl groups is 1. The number of aliphatic hydroxyl groups excluding tert-OH is 1. The molecule has 0 aromatic rings. The third kappa shape index (κ3) is 25.0. The number of cyclic esters (lactones) is 2. The van der Waals surface area contributed by atoms with Crippen molar-refractivity contribution in [3.05, 3.63) is 0 Å². The molecule has 0 aliphatic carbocycles. The van der Waals surface area contributed by atoms with Crippen LogP contribution in [0, 0.1) is 11.8 Å². The van der Waals surface area contributed by atoms with Crippen LogP contribution in [0.5, 0.6) is 0 Å². The monoisotopic (exact) mass is 652 g/mol. The highest BCUT2D eigenvalue weighted by Gasteiger charge is 2.26. The van der Waals surface area contributed by atoms with Gasteiger partial charge in [-0.1, -0.05) is 35.1 Å². The Labute approximate surface area is 263 Å². The number of carbonyl (C=O) groups excluding carboxylic acids is 7. The predicted molar refractivity (Wildman–Crippen MR) is 154 cm³/mol. The minimum atomic E-state index is -1.23. The van der Waals surface area contributed by atoms with E-state index in [4.69, 9.17) is 29.2 Å². The number of hydrogen-bond donors (Lipinski definition) is 2. The molecule has 260 valence electrons. The van der Waals surface area contributed by atoms with Gasteiger partial charge in [-0.2, -0.15) is 0 Å². The van der Waals surface area contributed by atoms with Crippen LogP contribution in [0.15, 0.2) is 0 Å². The number of rotatable bonds is 14. The molecule has 45 heavy (non-hydrogen) atoms. The first-order valence-electron chi connectivity index (χ1n) is 13.8. The van der Waals surface area contributed by atoms with Gasteiger partial charge in [0.1, 0.15) is 6.10 Å². The maximum atomic E-state index is 11.6. The van der Waals surface area contributed by atoms with Crippen LogP contribution in [-0.4, -0.2) is 95.6 Å². The molecule has 4 unspecified atom stereocenters. The van der Waals surface area contributed by atoms with Gasteiger partial charge in [-0.25, -0.2) is 19.2 Å². The number of esters is 7. The van der Waals surface area contributed by atoms with Gasteiger partial charge in [-0.05, 0) is 39.5 Å². The van der Waals surface area contributed by atoms with Crippen LogP contribution in [0.3, 0.4) is 0 Å². The summed E-state index contributed by atoms with van der Waals surface area (Å²) >= 11 is 0. The second kappa shape index (κ2) is 24.3. The van der Waals surface area contributed by atoms with Gasteiger partial charge in [0, 0.05) is 0 Å². The summed E-state index contributed by atoms with van der Waals surface area (Å²) < 4.78 is 28.0. The van der Waals surface area contributed by atoms with Crippen molar-refractivity contribution in [2.75, 3.05) is 13.2 Å². The fraction of sp³-hybridized carbons (Fsp3) is 0.724. The summed E-state index contributed by atoms with van der Waals surface area (Å²) in [7, 11) is 0. The average molecular weight is 653 g/mol. The van der Waals surface area contributed by atoms with Crippen molar-refractivity contribution >= 4 is 47.8 Å². The number of carboxylic acid groups (broad SMARTS) is 1. The first kappa shape index (κ1) is 45.4. The van der Waals surface area contributed by atoms with Crippen LogP contribution < -0.4 is 0 Å². The minimum Gasteiger partial charge on any atom is -0.481 e. The molecule has 1 heterocycles. The summed E-state index contributed by atoms with van der Waals surface area (Å²) in [6.07, 6.45) is -4.78. The van der Waals surface area contributed by atoms with E-state index in [2.05, 4.69) is 9.47 Å². The fourth-order valence-corrected chi connectivity index (χ4v) is 2.32. The van der Waals surface area contributed by atoms with Crippen molar-refractivity contribution in [1.29, 1.82) is 0 Å². The highest BCUT2D eigenvalue weighted by atomic mass is 16.6. The molecule has 0 saturated carbocycles. The third-order valence-electron chi connectivity index (χ3n) is 4.65. The van der Waals surface area contributed by atoms with E-state index in [0.29, 0.717) is 0 Å². The van der Waals surface area contributed by atoms with Gasteiger partial charge >= 0.3 is 47.8 Å². The predicted octanol–water partition coefficient (Wildman–Crippen LogP) is 1.90. The lowest BCUT2D eigenvalue weighted by atomic mass is 10.2. The molecule has 1 saturated heterocycles. The van der Waals surface area contributed by atoms with E-state index >= 15 is 0 Å². The first-order valence-corrected chi connectivity index (χ1v) is 13.8. The van der Waals surface area contributed by atoms with Crippen molar-refractivity contribution in [3.8, 4) is 0 Å². The standard InChI is InChI=1S/C14H22O8.C10H18O5.C4H4O3.CH4/c1-8(2)7-20-13(18)9(3)22-14(19)10(4)21-12(17)6-5-11(15)16;1-6(2)5-14-10(13)8(4)15-9(12)7(3)11;5-3-1-2-4(6)7-3;/h8-10H,5-7H2,1-4H3,(H,15,16);6-8,11H,5H2,1-4H3;1-2H2;1H4. The van der Waals surface area contributed by atoms with E-state index in [0.717, 1.165) is 0 Å². The molecule has 4 atom stereocenters. The number of hydrogen-bond acceptors (Lipinski definition) is 15. The second-order valence-electron chi connectivity index (χ2n) is 10.3. The highest BCUT2D eigenvalue weighted by molar-refractivity contribution is 5.92. The van der Waals surface area contributed by atoms with E-state index in [-0.39, 0.29) is 51.7 Å². The van der Waals surface area contributed by atoms with Crippen molar-refractivity contribution in [2.24, 2.45) is 11.8 Å². The van der Waals surface area contributed by atoms with Crippen molar-refractivity contribution < 1.29 is 77.0 Å². The zero-order chi connectivity index (χ0) is 34.6. The van der Waals surface area contributed by atoms with Gasteiger partial charge in [0.05, 0.1) is 38.9 Å². The molecule has 0 radical (unpaired) electrons. The molecule has 16 nitrogen and oxygen atoms in total. The lowest BCUT2D eigenvalue weighted by Crippen LogP contribution is -2.33. The van der Waals surface area contributed by atoms with Gasteiger partial charge < -0.3 is 38.6 Å². The van der Waals surface area contributed by atoms with Gasteiger partial charge in [0.2, 0.25) is 0 Å². The number of ether oxygens (including phenoxy) is 6. The van der Waals surface area contributed by atoms with Crippen molar-refractivity contribution in [1.82, 2.24) is 0 Å². The molecule has 1 fully saturated rings. The average Bonchev–Trinajstić information content (AvgIpc) is 3.31. The Bertz CT molecular complexity index is 971. The Morgan fingerprint density at radius 3 is 1.33 bits per heavy atom. The zero-order valence-electron chi connectivity index (χ0n) is 26.3. The molecule has 0 amide bonds. The lowest BCUT2D eigenvalue weighted by Gasteiger charge is -2.17. The molecular weight excluding hydrogens is 604 g/mol.